The molecule has 2 aliphatic carbocycles. The lowest BCUT2D eigenvalue weighted by atomic mass is 9.85. The van der Waals surface area contributed by atoms with Crippen LogP contribution in [0.2, 0.25) is 5.02 Å². The van der Waals surface area contributed by atoms with Crippen molar-refractivity contribution in [2.45, 2.75) is 115 Å². The van der Waals surface area contributed by atoms with Crippen molar-refractivity contribution in [2.75, 3.05) is 19.0 Å². The molecule has 4 N–H and O–H groups in total. The molecule has 0 spiro atoms. The molecule has 2 aromatic carbocycles. The second-order valence-electron chi connectivity index (χ2n) is 18.1. The fraction of sp³-hybridized carbons (Fsp3) is 0.489. The van der Waals surface area contributed by atoms with E-state index in [4.69, 9.17) is 35.8 Å². The molecule has 0 bridgehead atoms. The SMILES string of the molecule is C=C[C@@H]1C[C@]1(NC(=O)[C@@H]1C[C@@H](Oc2cc(-c3csc(NC(C)C)n3)nc3cc(OC)ccc23)CN1C(=O)[C@@H](NC(=O)OC1CCCC1)C(C)(C)C)P(=O)(O)Cc1c(F)ccc(Cl)c1F. The van der Waals surface area contributed by atoms with Crippen LogP contribution in [0.15, 0.2) is 54.4 Å². The summed E-state index contributed by atoms with van der Waals surface area (Å²) in [6, 6.07) is 6.63. The van der Waals surface area contributed by atoms with E-state index in [9.17, 15) is 28.2 Å². The summed E-state index contributed by atoms with van der Waals surface area (Å²) in [6.45, 7) is 13.0. The van der Waals surface area contributed by atoms with Gasteiger partial charge in [-0.2, -0.15) is 0 Å². The van der Waals surface area contributed by atoms with Crippen LogP contribution < -0.4 is 25.4 Å². The largest absolute Gasteiger partial charge is 0.497 e. The summed E-state index contributed by atoms with van der Waals surface area (Å²) in [5.74, 6) is -3.47. The number of nitrogens with zero attached hydrogens (tertiary/aromatic N) is 3. The Morgan fingerprint density at radius 2 is 1.84 bits per heavy atom. The first-order chi connectivity index (χ1) is 30.2. The van der Waals surface area contributed by atoms with Crippen molar-refractivity contribution < 1.29 is 46.8 Å². The van der Waals surface area contributed by atoms with E-state index in [1.165, 1.54) is 22.3 Å². The van der Waals surface area contributed by atoms with Gasteiger partial charge in [0.15, 0.2) is 5.13 Å². The number of pyridine rings is 1. The van der Waals surface area contributed by atoms with Gasteiger partial charge in [0.25, 0.3) is 0 Å². The van der Waals surface area contributed by atoms with Crippen LogP contribution in [-0.2, 0) is 25.1 Å². The molecule has 3 amide bonds. The van der Waals surface area contributed by atoms with E-state index in [-0.39, 0.29) is 31.5 Å². The number of likely N-dealkylation sites (tertiary alicyclic amines) is 1. The van der Waals surface area contributed by atoms with Gasteiger partial charge in [0.05, 0.1) is 36.0 Å². The Morgan fingerprint density at radius 3 is 2.50 bits per heavy atom. The highest BCUT2D eigenvalue weighted by atomic mass is 35.5. The van der Waals surface area contributed by atoms with Gasteiger partial charge >= 0.3 is 6.09 Å². The zero-order valence-electron chi connectivity index (χ0n) is 36.6. The van der Waals surface area contributed by atoms with Crippen LogP contribution in [0.5, 0.6) is 11.5 Å². The van der Waals surface area contributed by atoms with E-state index < -0.39 is 88.5 Å². The van der Waals surface area contributed by atoms with Gasteiger partial charge in [-0.25, -0.2) is 23.5 Å². The Balaban J connectivity index is 1.23. The number of benzene rings is 2. The number of rotatable bonds is 15. The summed E-state index contributed by atoms with van der Waals surface area (Å²) in [5, 5.41) is 9.71. The predicted octanol–water partition coefficient (Wildman–Crippen LogP) is 9.04. The molecule has 64 heavy (non-hydrogen) atoms. The van der Waals surface area contributed by atoms with E-state index in [0.717, 1.165) is 25.0 Å². The lowest BCUT2D eigenvalue weighted by Gasteiger charge is -2.36. The lowest BCUT2D eigenvalue weighted by Crippen LogP contribution is -2.58. The van der Waals surface area contributed by atoms with Gasteiger partial charge in [-0.05, 0) is 75.6 Å². The van der Waals surface area contributed by atoms with Crippen LogP contribution in [0, 0.1) is 23.0 Å². The third-order valence-corrected chi connectivity index (χ3v) is 15.7. The van der Waals surface area contributed by atoms with Crippen LogP contribution in [-0.4, -0.2) is 86.9 Å². The number of fused-ring (bicyclic) bond motifs is 1. The zero-order chi connectivity index (χ0) is 46.3. The Labute approximate surface area is 379 Å². The van der Waals surface area contributed by atoms with Gasteiger partial charge in [0.1, 0.15) is 58.4 Å². The molecule has 2 aromatic heterocycles. The van der Waals surface area contributed by atoms with E-state index in [2.05, 4.69) is 22.5 Å². The van der Waals surface area contributed by atoms with Crippen LogP contribution in [0.4, 0.5) is 18.7 Å². The topological polar surface area (TPSA) is 181 Å². The maximum absolute atomic E-state index is 15.1. The minimum atomic E-state index is -4.69. The number of hydrogen-bond donors (Lipinski definition) is 4. The summed E-state index contributed by atoms with van der Waals surface area (Å²) < 4.78 is 62.3. The van der Waals surface area contributed by atoms with Crippen molar-refractivity contribution in [3.8, 4) is 22.9 Å². The minimum Gasteiger partial charge on any atom is -0.497 e. The molecule has 1 saturated heterocycles. The van der Waals surface area contributed by atoms with E-state index in [1.807, 2.05) is 19.2 Å². The van der Waals surface area contributed by atoms with Crippen molar-refractivity contribution in [1.29, 1.82) is 0 Å². The molecular formula is C45H54ClF2N6O8PS. The number of methoxy groups -OCH3 is 1. The maximum Gasteiger partial charge on any atom is 0.408 e. The molecule has 3 aliphatic rings. The monoisotopic (exact) mass is 942 g/mol. The lowest BCUT2D eigenvalue weighted by molar-refractivity contribution is -0.142. The van der Waals surface area contributed by atoms with Gasteiger partial charge in [0, 0.05) is 46.8 Å². The van der Waals surface area contributed by atoms with E-state index in [1.54, 1.807) is 52.1 Å². The smallest absolute Gasteiger partial charge is 0.408 e. The van der Waals surface area contributed by atoms with Crippen molar-refractivity contribution >= 4 is 64.2 Å². The van der Waals surface area contributed by atoms with Gasteiger partial charge in [-0.3, -0.25) is 14.2 Å². The van der Waals surface area contributed by atoms with E-state index in [0.29, 0.717) is 51.8 Å². The second kappa shape index (κ2) is 18.6. The summed E-state index contributed by atoms with van der Waals surface area (Å²) in [4.78, 5) is 65.5. The quantitative estimate of drug-likeness (QED) is 0.0507. The number of aromatic nitrogens is 2. The van der Waals surface area contributed by atoms with Gasteiger partial charge < -0.3 is 40.0 Å². The molecule has 1 unspecified atom stereocenters. The van der Waals surface area contributed by atoms with Crippen LogP contribution in [0.25, 0.3) is 22.3 Å². The molecule has 6 atom stereocenters. The molecule has 7 rings (SSSR count). The molecule has 3 heterocycles. The number of carbonyl (C=O) groups is 3. The normalized spacial score (nSPS) is 22.5. The highest BCUT2D eigenvalue weighted by Crippen LogP contribution is 2.71. The van der Waals surface area contributed by atoms with Crippen molar-refractivity contribution in [3.05, 3.63) is 76.7 Å². The Kier molecular flexibility index (Phi) is 13.7. The molecule has 14 nitrogen and oxygen atoms in total. The molecule has 4 aromatic rings. The van der Waals surface area contributed by atoms with Crippen molar-refractivity contribution in [2.24, 2.45) is 11.3 Å². The Hall–Kier alpha value is -4.83. The van der Waals surface area contributed by atoms with Gasteiger partial charge in [-0.15, -0.1) is 17.9 Å². The van der Waals surface area contributed by atoms with Gasteiger partial charge in [0.2, 0.25) is 19.2 Å². The van der Waals surface area contributed by atoms with Gasteiger partial charge in [-0.1, -0.05) is 38.4 Å². The first kappa shape index (κ1) is 47.1. The highest BCUT2D eigenvalue weighted by molar-refractivity contribution is 7.59. The molecule has 19 heteroatoms. The average Bonchev–Trinajstić information content (AvgIpc) is 3.63. The molecular weight excluding hydrogens is 889 g/mol. The third kappa shape index (κ3) is 9.87. The maximum atomic E-state index is 15.1. The number of hydrogen-bond acceptors (Lipinski definition) is 11. The summed E-state index contributed by atoms with van der Waals surface area (Å²) in [6.07, 6.45) is 1.68. The number of thiazole rings is 1. The second-order valence-corrected chi connectivity index (χ2v) is 21.9. The average molecular weight is 943 g/mol. The van der Waals surface area contributed by atoms with Crippen molar-refractivity contribution in [3.63, 3.8) is 0 Å². The first-order valence-corrected chi connectivity index (χ1v) is 24.4. The van der Waals surface area contributed by atoms with Crippen LogP contribution in [0.3, 0.4) is 0 Å². The number of nitrogens with one attached hydrogen (secondary N) is 3. The Bertz CT molecular complexity index is 2500. The van der Waals surface area contributed by atoms with Crippen molar-refractivity contribution in [1.82, 2.24) is 25.5 Å². The fourth-order valence-corrected chi connectivity index (χ4v) is 11.9. The molecule has 3 fully saturated rings. The first-order valence-electron chi connectivity index (χ1n) is 21.3. The number of alkyl carbamates (subject to hydrolysis) is 1. The zero-order valence-corrected chi connectivity index (χ0v) is 39.0. The molecule has 1 aliphatic heterocycles. The predicted molar refractivity (Wildman–Crippen MR) is 242 cm³/mol. The summed E-state index contributed by atoms with van der Waals surface area (Å²) >= 11 is 7.35. The number of amides is 3. The number of anilines is 1. The fourth-order valence-electron chi connectivity index (χ4n) is 8.47. The molecule has 0 radical (unpaired) electrons. The van der Waals surface area contributed by atoms with E-state index >= 15 is 4.39 Å². The highest BCUT2D eigenvalue weighted by Gasteiger charge is 2.66. The minimum absolute atomic E-state index is 0.0557. The Morgan fingerprint density at radius 1 is 1.11 bits per heavy atom. The van der Waals surface area contributed by atoms with Crippen LogP contribution in [0.1, 0.15) is 78.7 Å². The summed E-state index contributed by atoms with van der Waals surface area (Å²) in [7, 11) is -3.15. The number of ether oxygens (including phenoxy) is 3. The third-order valence-electron chi connectivity index (χ3n) is 12.0. The standard InChI is InChI=1S/C45H54ClF2N6O8PS/c1-8-25-20-45(25,63(58,59)22-30-32(47)16-15-31(46)38(30)48)53-40(55)36-18-28(21-54(36)41(56)39(44(4,5)6)52-43(57)62-26-11-9-10-12-26)61-37-19-34(35-23-64-42(51-35)49-24(2)3)50-33-17-27(60-7)13-14-29(33)37/h8,13-17,19,23-26,28,36,39H,1,9-12,18,20-22H2,2-7H3,(H,49,51)(H,52,57)(H,53,55)(H,58,59)/t25-,28-,36+,39-,45+/m1/s1. The van der Waals surface area contributed by atoms with Crippen LogP contribution >= 0.6 is 30.3 Å². The summed E-state index contributed by atoms with van der Waals surface area (Å²) in [5.41, 5.74) is 0.0511. The number of halogens is 3. The number of carbonyl (C=O) groups excluding carboxylic acids is 3. The molecule has 2 saturated carbocycles. The molecule has 344 valence electrons.